The molecular weight excluding hydrogens is 331 g/mol. The van der Waals surface area contributed by atoms with Crippen LogP contribution < -0.4 is 5.73 Å². The van der Waals surface area contributed by atoms with E-state index in [4.69, 9.17) is 15.9 Å². The molecule has 0 fully saturated rings. The minimum atomic E-state index is -4.11. The topological polar surface area (TPSA) is 124 Å². The van der Waals surface area contributed by atoms with Crippen molar-refractivity contribution >= 4 is 5.97 Å². The number of alkyl halides is 3. The highest BCUT2D eigenvalue weighted by Crippen LogP contribution is 2.23. The maximum absolute atomic E-state index is 11.9. The monoisotopic (exact) mass is 357 g/mol. The van der Waals surface area contributed by atoms with Crippen molar-refractivity contribution in [3.63, 3.8) is 0 Å². The smallest absolute Gasteiger partial charge is 0.389 e. The number of aliphatic hydroxyl groups excluding tert-OH is 3. The molecule has 0 saturated heterocycles. The summed E-state index contributed by atoms with van der Waals surface area (Å²) in [5.41, 5.74) is 3.01. The zero-order chi connectivity index (χ0) is 18.8. The third-order valence-corrected chi connectivity index (χ3v) is 3.68. The Kier molecular flexibility index (Phi) is 10.1. The van der Waals surface area contributed by atoms with Crippen LogP contribution >= 0.6 is 0 Å². The van der Waals surface area contributed by atoms with Gasteiger partial charge in [0.2, 0.25) is 0 Å². The third kappa shape index (κ3) is 8.62. The molecule has 0 aromatic rings. The van der Waals surface area contributed by atoms with E-state index in [0.717, 1.165) is 0 Å². The van der Waals surface area contributed by atoms with Crippen LogP contribution in [0.3, 0.4) is 0 Å². The summed E-state index contributed by atoms with van der Waals surface area (Å²) in [6, 6.07) is 0. The zero-order valence-electron chi connectivity index (χ0n) is 13.4. The molecule has 0 bridgehead atoms. The van der Waals surface area contributed by atoms with Crippen LogP contribution in [0.15, 0.2) is 12.2 Å². The van der Waals surface area contributed by atoms with Gasteiger partial charge in [0.1, 0.15) is 6.10 Å². The van der Waals surface area contributed by atoms with Crippen LogP contribution in [0.5, 0.6) is 0 Å². The van der Waals surface area contributed by atoms with E-state index in [2.05, 4.69) is 0 Å². The number of carbonyl (C=O) groups is 1. The second kappa shape index (κ2) is 10.7. The summed E-state index contributed by atoms with van der Waals surface area (Å²) in [5.74, 6) is -1.63. The molecule has 3 unspecified atom stereocenters. The number of unbranched alkanes of at least 4 members (excludes halogenated alkanes) is 4. The van der Waals surface area contributed by atoms with Gasteiger partial charge in [0.15, 0.2) is 5.54 Å². The summed E-state index contributed by atoms with van der Waals surface area (Å²) in [6.45, 7) is -1.03. The Hall–Kier alpha value is -1.16. The molecule has 0 aliphatic heterocycles. The Bertz CT molecular complexity index is 403. The van der Waals surface area contributed by atoms with Gasteiger partial charge in [-0.15, -0.1) is 0 Å². The molecule has 6 nitrogen and oxygen atoms in total. The first kappa shape index (κ1) is 22.8. The fraction of sp³-hybridized carbons (Fsp3) is 0.800. The predicted molar refractivity (Wildman–Crippen MR) is 81.2 cm³/mol. The number of hydrogen-bond donors (Lipinski definition) is 5. The van der Waals surface area contributed by atoms with Gasteiger partial charge in [0, 0.05) is 6.42 Å². The van der Waals surface area contributed by atoms with Gasteiger partial charge in [-0.25, -0.2) is 0 Å². The lowest BCUT2D eigenvalue weighted by Crippen LogP contribution is -2.63. The number of hydrogen-bond acceptors (Lipinski definition) is 5. The van der Waals surface area contributed by atoms with E-state index in [1.807, 2.05) is 0 Å². The molecule has 0 heterocycles. The molecule has 0 rings (SSSR count). The average molecular weight is 357 g/mol. The second-order valence-corrected chi connectivity index (χ2v) is 5.79. The SMILES string of the molecule is NC(CO)(C(=O)O)C(O)C(O)C/C=C/CCCCCCC(F)(F)F. The Labute approximate surface area is 138 Å². The molecule has 0 amide bonds. The van der Waals surface area contributed by atoms with Crippen molar-refractivity contribution < 1.29 is 38.4 Å². The fourth-order valence-corrected chi connectivity index (χ4v) is 2.05. The van der Waals surface area contributed by atoms with Crippen molar-refractivity contribution in [2.24, 2.45) is 5.73 Å². The Balaban J connectivity index is 3.97. The molecule has 0 saturated carbocycles. The van der Waals surface area contributed by atoms with E-state index in [1.54, 1.807) is 6.08 Å². The molecule has 3 atom stereocenters. The maximum atomic E-state index is 11.9. The summed E-state index contributed by atoms with van der Waals surface area (Å²) >= 11 is 0. The van der Waals surface area contributed by atoms with Gasteiger partial charge in [-0.05, 0) is 25.7 Å². The number of aliphatic hydroxyl groups is 3. The molecule has 142 valence electrons. The Morgan fingerprint density at radius 3 is 2.17 bits per heavy atom. The molecule has 0 aromatic carbocycles. The van der Waals surface area contributed by atoms with E-state index in [0.29, 0.717) is 25.7 Å². The van der Waals surface area contributed by atoms with Crippen LogP contribution in [0.4, 0.5) is 13.2 Å². The van der Waals surface area contributed by atoms with Gasteiger partial charge in [-0.2, -0.15) is 13.2 Å². The molecule has 0 spiro atoms. The summed E-state index contributed by atoms with van der Waals surface area (Å²) in [4.78, 5) is 10.9. The van der Waals surface area contributed by atoms with Gasteiger partial charge >= 0.3 is 12.1 Å². The van der Waals surface area contributed by atoms with Crippen LogP contribution in [0.1, 0.15) is 44.9 Å². The van der Waals surface area contributed by atoms with Crippen molar-refractivity contribution in [3.05, 3.63) is 12.2 Å². The maximum Gasteiger partial charge on any atom is 0.389 e. The highest BCUT2D eigenvalue weighted by Gasteiger charge is 2.44. The van der Waals surface area contributed by atoms with E-state index >= 15 is 0 Å². The van der Waals surface area contributed by atoms with Crippen molar-refractivity contribution in [2.45, 2.75) is 68.9 Å². The van der Waals surface area contributed by atoms with Gasteiger partial charge in [0.25, 0.3) is 0 Å². The van der Waals surface area contributed by atoms with Crippen molar-refractivity contribution in [1.82, 2.24) is 0 Å². The van der Waals surface area contributed by atoms with Gasteiger partial charge in [0.05, 0.1) is 12.7 Å². The third-order valence-electron chi connectivity index (χ3n) is 3.68. The van der Waals surface area contributed by atoms with Crippen molar-refractivity contribution in [2.75, 3.05) is 6.61 Å². The summed E-state index contributed by atoms with van der Waals surface area (Å²) in [5, 5.41) is 37.3. The number of aliphatic carboxylic acids is 1. The van der Waals surface area contributed by atoms with E-state index in [1.165, 1.54) is 6.08 Å². The first-order valence-corrected chi connectivity index (χ1v) is 7.75. The van der Waals surface area contributed by atoms with Crippen LogP contribution in [0.2, 0.25) is 0 Å². The molecule has 0 aromatic heterocycles. The minimum absolute atomic E-state index is 0.0541. The first-order valence-electron chi connectivity index (χ1n) is 7.75. The van der Waals surface area contributed by atoms with E-state index < -0.39 is 42.9 Å². The number of nitrogens with two attached hydrogens (primary N) is 1. The highest BCUT2D eigenvalue weighted by atomic mass is 19.4. The lowest BCUT2D eigenvalue weighted by Gasteiger charge is -2.30. The van der Waals surface area contributed by atoms with Gasteiger partial charge < -0.3 is 26.2 Å². The lowest BCUT2D eigenvalue weighted by atomic mass is 9.89. The largest absolute Gasteiger partial charge is 0.480 e. The van der Waals surface area contributed by atoms with Crippen molar-refractivity contribution in [3.8, 4) is 0 Å². The number of carboxylic acid groups (broad SMARTS) is 1. The number of allylic oxidation sites excluding steroid dienone is 1. The van der Waals surface area contributed by atoms with Gasteiger partial charge in [-0.1, -0.05) is 25.0 Å². The molecule has 0 aliphatic carbocycles. The number of rotatable bonds is 12. The first-order chi connectivity index (χ1) is 11.0. The molecule has 0 radical (unpaired) electrons. The van der Waals surface area contributed by atoms with Crippen LogP contribution in [0, 0.1) is 0 Å². The lowest BCUT2D eigenvalue weighted by molar-refractivity contribution is -0.155. The normalized spacial score (nSPS) is 17.6. The number of carboxylic acids is 1. The van der Waals surface area contributed by atoms with Crippen molar-refractivity contribution in [1.29, 1.82) is 0 Å². The molecule has 0 aliphatic rings. The second-order valence-electron chi connectivity index (χ2n) is 5.79. The van der Waals surface area contributed by atoms with Crippen LogP contribution in [0.25, 0.3) is 0 Å². The quantitative estimate of drug-likeness (QED) is 0.265. The summed E-state index contributed by atoms with van der Waals surface area (Å²) < 4.78 is 35.7. The average Bonchev–Trinajstić information content (AvgIpc) is 2.50. The number of halogens is 3. The summed E-state index contributed by atoms with van der Waals surface area (Å²) in [6.07, 6.45) is -2.48. The predicted octanol–water partition coefficient (Wildman–Crippen LogP) is 1.33. The molecule has 24 heavy (non-hydrogen) atoms. The fourth-order valence-electron chi connectivity index (χ4n) is 2.05. The van der Waals surface area contributed by atoms with Crippen LogP contribution in [-0.2, 0) is 4.79 Å². The molecular formula is C15H26F3NO5. The minimum Gasteiger partial charge on any atom is -0.480 e. The van der Waals surface area contributed by atoms with Crippen LogP contribution in [-0.4, -0.2) is 56.9 Å². The van der Waals surface area contributed by atoms with E-state index in [-0.39, 0.29) is 12.8 Å². The highest BCUT2D eigenvalue weighted by molar-refractivity contribution is 5.79. The molecule has 9 heteroatoms. The standard InChI is InChI=1S/C15H26F3NO5/c16-15(17,18)9-7-5-3-1-2-4-6-8-11(21)12(22)14(19,10-20)13(23)24/h4,6,11-12,20-22H,1-3,5,7-10,19H2,(H,23,24)/b6-4+. The Morgan fingerprint density at radius 1 is 1.08 bits per heavy atom. The Morgan fingerprint density at radius 2 is 1.67 bits per heavy atom. The zero-order valence-corrected chi connectivity index (χ0v) is 13.4. The van der Waals surface area contributed by atoms with Gasteiger partial charge in [-0.3, -0.25) is 4.79 Å². The summed E-state index contributed by atoms with van der Waals surface area (Å²) in [7, 11) is 0. The molecule has 6 N–H and O–H groups in total. The van der Waals surface area contributed by atoms with E-state index in [9.17, 15) is 28.2 Å².